The number of halogens is 1. The van der Waals surface area contributed by atoms with Crippen molar-refractivity contribution in [3.63, 3.8) is 0 Å². The van der Waals surface area contributed by atoms with Gasteiger partial charge < -0.3 is 18.6 Å². The molecule has 4 heterocycles. The van der Waals surface area contributed by atoms with Gasteiger partial charge in [0, 0.05) is 17.5 Å². The summed E-state index contributed by atoms with van der Waals surface area (Å²) >= 11 is 6.24. The predicted molar refractivity (Wildman–Crippen MR) is 113 cm³/mol. The Kier molecular flexibility index (Phi) is 4.64. The summed E-state index contributed by atoms with van der Waals surface area (Å²) in [7, 11) is 3.19. The molecule has 0 amide bonds. The second-order valence-electron chi connectivity index (χ2n) is 5.95. The molecular formula is C18H13BrN4O4S2. The van der Waals surface area contributed by atoms with Gasteiger partial charge in [0.1, 0.15) is 29.4 Å². The van der Waals surface area contributed by atoms with Crippen LogP contribution in [0.3, 0.4) is 0 Å². The first kappa shape index (κ1) is 18.4. The molecule has 0 N–H and O–H groups in total. The van der Waals surface area contributed by atoms with Gasteiger partial charge in [0.05, 0.1) is 31.5 Å². The van der Waals surface area contributed by atoms with E-state index in [0.29, 0.717) is 40.3 Å². The fraction of sp³-hybridized carbons (Fsp3) is 0.167. The van der Waals surface area contributed by atoms with Crippen LogP contribution < -0.4 is 14.2 Å². The van der Waals surface area contributed by atoms with Crippen molar-refractivity contribution < 1.29 is 18.6 Å². The average molecular weight is 493 g/mol. The number of furan rings is 1. The third-order valence-corrected chi connectivity index (χ3v) is 6.46. The number of aromatic nitrogens is 4. The summed E-state index contributed by atoms with van der Waals surface area (Å²) in [6.45, 7) is 0.342. The molecule has 1 aromatic carbocycles. The summed E-state index contributed by atoms with van der Waals surface area (Å²) in [6, 6.07) is 5.57. The minimum atomic E-state index is 0.342. The summed E-state index contributed by atoms with van der Waals surface area (Å²) in [5, 5.41) is 7.63. The normalized spacial score (nSPS) is 11.4. The molecule has 0 saturated heterocycles. The molecule has 0 aliphatic heterocycles. The maximum Gasteiger partial charge on any atom is 0.294 e. The van der Waals surface area contributed by atoms with E-state index in [2.05, 4.69) is 31.0 Å². The van der Waals surface area contributed by atoms with Crippen molar-refractivity contribution in [2.75, 3.05) is 14.2 Å². The van der Waals surface area contributed by atoms with E-state index in [-0.39, 0.29) is 0 Å². The lowest BCUT2D eigenvalue weighted by Crippen LogP contribution is -1.96. The molecule has 0 bridgehead atoms. The molecule has 0 atom stereocenters. The zero-order valence-electron chi connectivity index (χ0n) is 15.2. The second-order valence-corrected chi connectivity index (χ2v) is 9.01. The molecular weight excluding hydrogens is 480 g/mol. The molecule has 148 valence electrons. The van der Waals surface area contributed by atoms with Gasteiger partial charge in [-0.1, -0.05) is 0 Å². The number of imidazole rings is 1. The number of nitrogens with zero attached hydrogens (tertiary/aromatic N) is 4. The maximum absolute atomic E-state index is 6.04. The van der Waals surface area contributed by atoms with E-state index in [1.54, 1.807) is 24.9 Å². The monoisotopic (exact) mass is 492 g/mol. The summed E-state index contributed by atoms with van der Waals surface area (Å²) in [6.07, 6.45) is 1.80. The first-order chi connectivity index (χ1) is 14.1. The average Bonchev–Trinajstić information content (AvgIpc) is 3.47. The van der Waals surface area contributed by atoms with Gasteiger partial charge in [0.25, 0.3) is 5.19 Å². The molecule has 0 radical (unpaired) electrons. The third-order valence-electron chi connectivity index (χ3n) is 4.16. The van der Waals surface area contributed by atoms with Crippen LogP contribution in [0.15, 0.2) is 38.1 Å². The number of ether oxygens (including phenoxy) is 3. The van der Waals surface area contributed by atoms with Crippen molar-refractivity contribution in [1.82, 2.24) is 19.6 Å². The van der Waals surface area contributed by atoms with E-state index in [1.807, 2.05) is 23.6 Å². The van der Waals surface area contributed by atoms with Crippen LogP contribution >= 0.6 is 38.6 Å². The van der Waals surface area contributed by atoms with E-state index >= 15 is 0 Å². The zero-order chi connectivity index (χ0) is 20.0. The van der Waals surface area contributed by atoms with Crippen molar-refractivity contribution in [3.05, 3.63) is 39.4 Å². The Morgan fingerprint density at radius 2 is 2.07 bits per heavy atom. The summed E-state index contributed by atoms with van der Waals surface area (Å²) < 4.78 is 25.1. The van der Waals surface area contributed by atoms with Gasteiger partial charge in [-0.05, 0) is 33.3 Å². The third kappa shape index (κ3) is 3.45. The van der Waals surface area contributed by atoms with Crippen LogP contribution in [0.1, 0.15) is 5.69 Å². The van der Waals surface area contributed by atoms with Crippen molar-refractivity contribution in [2.24, 2.45) is 0 Å². The molecule has 0 aliphatic carbocycles. The largest absolute Gasteiger partial charge is 0.496 e. The highest BCUT2D eigenvalue weighted by atomic mass is 79.9. The number of fused-ring (bicyclic) bond motifs is 2. The number of methoxy groups -OCH3 is 2. The predicted octanol–water partition coefficient (Wildman–Crippen LogP) is 5.02. The lowest BCUT2D eigenvalue weighted by molar-refractivity contribution is 0.303. The van der Waals surface area contributed by atoms with Gasteiger partial charge in [0.15, 0.2) is 9.68 Å². The van der Waals surface area contributed by atoms with E-state index in [0.717, 1.165) is 20.0 Å². The topological polar surface area (TPSA) is 83.9 Å². The fourth-order valence-electron chi connectivity index (χ4n) is 2.83. The summed E-state index contributed by atoms with van der Waals surface area (Å²) in [5.74, 6) is 1.91. The van der Waals surface area contributed by atoms with Gasteiger partial charge in [-0.15, -0.1) is 16.4 Å². The van der Waals surface area contributed by atoms with Crippen molar-refractivity contribution in [3.8, 4) is 28.1 Å². The Morgan fingerprint density at radius 3 is 2.79 bits per heavy atom. The maximum atomic E-state index is 6.04. The van der Waals surface area contributed by atoms with E-state index in [4.69, 9.17) is 18.6 Å². The SMILES string of the molecule is COc1cc(OCc2csc(Br)n2)c2cc(-c3cn4nc(OC)sc4n3)oc2c1. The standard InChI is InChI=1S/C18H13BrN4O4S2/c1-24-10-3-13(26-7-9-8-28-16(19)20-9)11-5-15(27-14(11)4-10)12-6-23-17(21-12)29-18(22-23)25-2/h3-6,8H,7H2,1-2H3. The number of thiazole rings is 1. The van der Waals surface area contributed by atoms with E-state index in [1.165, 1.54) is 22.7 Å². The Morgan fingerprint density at radius 1 is 1.17 bits per heavy atom. The fourth-order valence-corrected chi connectivity index (χ4v) is 4.56. The number of hydrogen-bond acceptors (Lipinski definition) is 9. The molecule has 0 spiro atoms. The number of rotatable bonds is 6. The van der Waals surface area contributed by atoms with Crippen LogP contribution in [0.5, 0.6) is 16.7 Å². The van der Waals surface area contributed by atoms with Crippen molar-refractivity contribution in [2.45, 2.75) is 6.61 Å². The number of benzene rings is 1. The Labute approximate surface area is 180 Å². The molecule has 5 aromatic rings. The summed E-state index contributed by atoms with van der Waals surface area (Å²) in [5.41, 5.74) is 2.17. The smallest absolute Gasteiger partial charge is 0.294 e. The first-order valence-corrected chi connectivity index (χ1v) is 10.9. The molecule has 8 nitrogen and oxygen atoms in total. The van der Waals surface area contributed by atoms with Crippen LogP contribution in [-0.2, 0) is 6.61 Å². The summed E-state index contributed by atoms with van der Waals surface area (Å²) in [4.78, 5) is 9.66. The molecule has 0 unspecified atom stereocenters. The van der Waals surface area contributed by atoms with Crippen LogP contribution in [0.4, 0.5) is 0 Å². The second kappa shape index (κ2) is 7.32. The molecule has 0 fully saturated rings. The Bertz CT molecular complexity index is 1290. The molecule has 29 heavy (non-hydrogen) atoms. The minimum Gasteiger partial charge on any atom is -0.496 e. The van der Waals surface area contributed by atoms with Gasteiger partial charge in [-0.3, -0.25) is 0 Å². The Hall–Kier alpha value is -2.63. The molecule has 4 aromatic heterocycles. The van der Waals surface area contributed by atoms with E-state index in [9.17, 15) is 0 Å². The first-order valence-electron chi connectivity index (χ1n) is 8.38. The molecule has 0 aliphatic rings. The Balaban J connectivity index is 1.52. The molecule has 5 rings (SSSR count). The molecule has 11 heteroatoms. The van der Waals surface area contributed by atoms with Gasteiger partial charge >= 0.3 is 0 Å². The zero-order valence-corrected chi connectivity index (χ0v) is 18.4. The minimum absolute atomic E-state index is 0.342. The van der Waals surface area contributed by atoms with Crippen LogP contribution in [0.25, 0.3) is 27.4 Å². The quantitative estimate of drug-likeness (QED) is 0.329. The van der Waals surface area contributed by atoms with Crippen LogP contribution in [-0.4, -0.2) is 33.8 Å². The van der Waals surface area contributed by atoms with Crippen LogP contribution in [0.2, 0.25) is 0 Å². The highest BCUT2D eigenvalue weighted by Crippen LogP contribution is 2.37. The van der Waals surface area contributed by atoms with Crippen LogP contribution in [0, 0.1) is 0 Å². The van der Waals surface area contributed by atoms with E-state index < -0.39 is 0 Å². The highest BCUT2D eigenvalue weighted by molar-refractivity contribution is 9.11. The molecule has 0 saturated carbocycles. The number of hydrogen-bond donors (Lipinski definition) is 0. The van der Waals surface area contributed by atoms with Crippen molar-refractivity contribution in [1.29, 1.82) is 0 Å². The van der Waals surface area contributed by atoms with Gasteiger partial charge in [0.2, 0.25) is 4.96 Å². The van der Waals surface area contributed by atoms with Gasteiger partial charge in [-0.25, -0.2) is 14.5 Å². The van der Waals surface area contributed by atoms with Crippen molar-refractivity contribution >= 4 is 54.5 Å². The lowest BCUT2D eigenvalue weighted by Gasteiger charge is -2.07. The van der Waals surface area contributed by atoms with Gasteiger partial charge in [-0.2, -0.15) is 0 Å². The lowest BCUT2D eigenvalue weighted by atomic mass is 10.2. The highest BCUT2D eigenvalue weighted by Gasteiger charge is 2.17.